The van der Waals surface area contributed by atoms with Gasteiger partial charge in [0.2, 0.25) is 0 Å². The summed E-state index contributed by atoms with van der Waals surface area (Å²) in [7, 11) is 0. The Bertz CT molecular complexity index is 432. The molecule has 0 aliphatic carbocycles. The van der Waals surface area contributed by atoms with Crippen molar-refractivity contribution >= 4 is 0 Å². The summed E-state index contributed by atoms with van der Waals surface area (Å²) in [6.07, 6.45) is 3.75. The van der Waals surface area contributed by atoms with E-state index >= 15 is 0 Å². The van der Waals surface area contributed by atoms with Crippen molar-refractivity contribution in [1.29, 1.82) is 0 Å². The Kier molecular flexibility index (Phi) is 2.81. The summed E-state index contributed by atoms with van der Waals surface area (Å²) >= 11 is 0. The molecule has 0 aliphatic heterocycles. The van der Waals surface area contributed by atoms with Gasteiger partial charge in [-0.05, 0) is 37.8 Å². The number of hydrogen-bond donors (Lipinski definition) is 1. The van der Waals surface area contributed by atoms with Crippen molar-refractivity contribution in [2.24, 2.45) is 0 Å². The molecule has 0 bridgehead atoms. The molecule has 15 heavy (non-hydrogen) atoms. The van der Waals surface area contributed by atoms with Crippen LogP contribution >= 0.6 is 0 Å². The van der Waals surface area contributed by atoms with Crippen LogP contribution in [0.5, 0.6) is 0 Å². The van der Waals surface area contributed by atoms with Crippen LogP contribution in [0.4, 0.5) is 0 Å². The Morgan fingerprint density at radius 3 is 2.73 bits per heavy atom. The molecule has 0 aliphatic rings. The van der Waals surface area contributed by atoms with Crippen LogP contribution in [0.15, 0.2) is 24.4 Å². The van der Waals surface area contributed by atoms with Gasteiger partial charge in [-0.25, -0.2) is 0 Å². The molecule has 1 heterocycles. The third-order valence-electron chi connectivity index (χ3n) is 2.61. The largest absolute Gasteiger partial charge is 0.198 e. The molecule has 0 radical (unpaired) electrons. The Labute approximate surface area is 89.5 Å². The van der Waals surface area contributed by atoms with Crippen LogP contribution in [-0.2, 0) is 12.8 Å². The summed E-state index contributed by atoms with van der Waals surface area (Å²) < 4.78 is 0. The van der Waals surface area contributed by atoms with Gasteiger partial charge in [-0.3, -0.25) is 0 Å². The van der Waals surface area contributed by atoms with E-state index in [0.717, 1.165) is 18.5 Å². The maximum atomic E-state index is 4.04. The van der Waals surface area contributed by atoms with Crippen LogP contribution < -0.4 is 0 Å². The van der Waals surface area contributed by atoms with Crippen LogP contribution in [0.2, 0.25) is 0 Å². The van der Waals surface area contributed by atoms with Gasteiger partial charge in [-0.15, -0.1) is 0 Å². The molecule has 0 amide bonds. The smallest absolute Gasteiger partial charge is 0.0828 e. The van der Waals surface area contributed by atoms with Crippen molar-refractivity contribution in [3.63, 3.8) is 0 Å². The molecule has 0 saturated heterocycles. The van der Waals surface area contributed by atoms with Crippen molar-refractivity contribution in [2.75, 3.05) is 0 Å². The highest BCUT2D eigenvalue weighted by Gasteiger charge is 2.01. The lowest BCUT2D eigenvalue weighted by atomic mass is 10.0. The molecule has 0 saturated carbocycles. The molecule has 2 aromatic rings. The van der Waals surface area contributed by atoms with Crippen molar-refractivity contribution < 1.29 is 0 Å². The number of nitrogens with zero attached hydrogens (tertiary/aromatic N) is 2. The first-order valence-corrected chi connectivity index (χ1v) is 5.16. The number of nitrogens with one attached hydrogen (secondary N) is 1. The van der Waals surface area contributed by atoms with E-state index in [9.17, 15) is 0 Å². The van der Waals surface area contributed by atoms with E-state index in [2.05, 4.69) is 47.5 Å². The Morgan fingerprint density at radius 2 is 2.07 bits per heavy atom. The molecule has 3 nitrogen and oxygen atoms in total. The van der Waals surface area contributed by atoms with Gasteiger partial charge in [0.1, 0.15) is 0 Å². The number of H-pyrrole nitrogens is 1. The van der Waals surface area contributed by atoms with E-state index in [1.54, 1.807) is 6.20 Å². The normalized spacial score (nSPS) is 10.5. The quantitative estimate of drug-likeness (QED) is 0.827. The summed E-state index contributed by atoms with van der Waals surface area (Å²) in [6.45, 7) is 4.28. The number of aryl methyl sites for hydroxylation is 4. The number of benzene rings is 1. The van der Waals surface area contributed by atoms with E-state index in [-0.39, 0.29) is 0 Å². The second-order valence-corrected chi connectivity index (χ2v) is 3.89. The molecular formula is C12H15N3. The molecule has 0 atom stereocenters. The minimum absolute atomic E-state index is 0.945. The van der Waals surface area contributed by atoms with Crippen molar-refractivity contribution in [2.45, 2.75) is 26.7 Å². The molecule has 0 unspecified atom stereocenters. The SMILES string of the molecule is Cc1ccc(CCc2cn[nH]n2)c(C)c1. The highest BCUT2D eigenvalue weighted by atomic mass is 15.3. The molecule has 2 rings (SSSR count). The molecule has 1 aromatic carbocycles. The molecule has 78 valence electrons. The van der Waals surface area contributed by atoms with Gasteiger partial charge in [0.15, 0.2) is 0 Å². The Balaban J connectivity index is 2.05. The van der Waals surface area contributed by atoms with Crippen LogP contribution in [0.1, 0.15) is 22.4 Å². The molecule has 0 fully saturated rings. The summed E-state index contributed by atoms with van der Waals surface area (Å²) in [5, 5.41) is 10.5. The van der Waals surface area contributed by atoms with E-state index < -0.39 is 0 Å². The van der Waals surface area contributed by atoms with Gasteiger partial charge < -0.3 is 0 Å². The first kappa shape index (κ1) is 9.90. The molecule has 1 aromatic heterocycles. The fraction of sp³-hybridized carbons (Fsp3) is 0.333. The maximum Gasteiger partial charge on any atom is 0.0828 e. The number of aromatic nitrogens is 3. The van der Waals surface area contributed by atoms with Crippen LogP contribution in [0, 0.1) is 13.8 Å². The first-order chi connectivity index (χ1) is 7.25. The van der Waals surface area contributed by atoms with Gasteiger partial charge in [-0.2, -0.15) is 15.4 Å². The number of rotatable bonds is 3. The Morgan fingerprint density at radius 1 is 1.20 bits per heavy atom. The zero-order valence-corrected chi connectivity index (χ0v) is 9.12. The average Bonchev–Trinajstić information content (AvgIpc) is 2.69. The molecule has 3 heteroatoms. The highest BCUT2D eigenvalue weighted by molar-refractivity contribution is 5.30. The highest BCUT2D eigenvalue weighted by Crippen LogP contribution is 2.12. The van der Waals surface area contributed by atoms with Gasteiger partial charge in [0.05, 0.1) is 11.9 Å². The van der Waals surface area contributed by atoms with E-state index in [4.69, 9.17) is 0 Å². The molecular weight excluding hydrogens is 186 g/mol. The van der Waals surface area contributed by atoms with Gasteiger partial charge in [0, 0.05) is 0 Å². The van der Waals surface area contributed by atoms with Gasteiger partial charge in [0.25, 0.3) is 0 Å². The lowest BCUT2D eigenvalue weighted by Crippen LogP contribution is -1.95. The molecule has 0 spiro atoms. The summed E-state index contributed by atoms with van der Waals surface area (Å²) in [5.41, 5.74) is 5.09. The van der Waals surface area contributed by atoms with E-state index in [1.165, 1.54) is 16.7 Å². The van der Waals surface area contributed by atoms with Crippen molar-refractivity contribution in [3.05, 3.63) is 46.8 Å². The second kappa shape index (κ2) is 4.26. The standard InChI is InChI=1S/C12H15N3/c1-9-3-4-11(10(2)7-9)5-6-12-8-13-15-14-12/h3-4,7-8H,5-6H2,1-2H3,(H,13,14,15). The maximum absolute atomic E-state index is 4.04. The number of hydrogen-bond acceptors (Lipinski definition) is 2. The monoisotopic (exact) mass is 201 g/mol. The van der Waals surface area contributed by atoms with Gasteiger partial charge >= 0.3 is 0 Å². The average molecular weight is 201 g/mol. The zero-order valence-electron chi connectivity index (χ0n) is 9.12. The first-order valence-electron chi connectivity index (χ1n) is 5.16. The minimum atomic E-state index is 0.945. The lowest BCUT2D eigenvalue weighted by Gasteiger charge is -2.05. The predicted molar refractivity (Wildman–Crippen MR) is 59.7 cm³/mol. The third-order valence-corrected chi connectivity index (χ3v) is 2.61. The lowest BCUT2D eigenvalue weighted by molar-refractivity contribution is 0.867. The zero-order chi connectivity index (χ0) is 10.7. The van der Waals surface area contributed by atoms with Crippen LogP contribution in [-0.4, -0.2) is 15.4 Å². The second-order valence-electron chi connectivity index (χ2n) is 3.89. The van der Waals surface area contributed by atoms with E-state index in [1.807, 2.05) is 0 Å². The number of aromatic amines is 1. The van der Waals surface area contributed by atoms with E-state index in [0.29, 0.717) is 0 Å². The molecule has 1 N–H and O–H groups in total. The van der Waals surface area contributed by atoms with Crippen LogP contribution in [0.25, 0.3) is 0 Å². The summed E-state index contributed by atoms with van der Waals surface area (Å²) in [4.78, 5) is 0. The van der Waals surface area contributed by atoms with Crippen LogP contribution in [0.3, 0.4) is 0 Å². The summed E-state index contributed by atoms with van der Waals surface area (Å²) in [5.74, 6) is 0. The predicted octanol–water partition coefficient (Wildman–Crippen LogP) is 2.21. The third kappa shape index (κ3) is 2.43. The van der Waals surface area contributed by atoms with Gasteiger partial charge in [-0.1, -0.05) is 23.8 Å². The Hall–Kier alpha value is -1.64. The fourth-order valence-corrected chi connectivity index (χ4v) is 1.73. The van der Waals surface area contributed by atoms with Crippen molar-refractivity contribution in [1.82, 2.24) is 15.4 Å². The topological polar surface area (TPSA) is 41.6 Å². The van der Waals surface area contributed by atoms with Crippen molar-refractivity contribution in [3.8, 4) is 0 Å². The fourth-order valence-electron chi connectivity index (χ4n) is 1.73. The minimum Gasteiger partial charge on any atom is -0.198 e. The summed E-state index contributed by atoms with van der Waals surface area (Å²) in [6, 6.07) is 6.58.